The van der Waals surface area contributed by atoms with Gasteiger partial charge in [0.15, 0.2) is 11.6 Å². The van der Waals surface area contributed by atoms with Crippen molar-refractivity contribution in [3.05, 3.63) is 39.8 Å². The van der Waals surface area contributed by atoms with E-state index in [9.17, 15) is 14.9 Å². The van der Waals surface area contributed by atoms with Crippen LogP contribution in [0.2, 0.25) is 0 Å². The zero-order valence-electron chi connectivity index (χ0n) is 11.8. The minimum atomic E-state index is -0.693. The molecule has 116 valence electrons. The van der Waals surface area contributed by atoms with E-state index in [1.54, 1.807) is 0 Å². The number of ether oxygens (including phenoxy) is 1. The highest BCUT2D eigenvalue weighted by Gasteiger charge is 2.18. The summed E-state index contributed by atoms with van der Waals surface area (Å²) < 4.78 is 19.2. The molecule has 0 unspecified atom stereocenters. The number of nitrogens with two attached hydrogens (primary N) is 1. The quantitative estimate of drug-likeness (QED) is 0.740. The number of nitrogens with zero attached hydrogens (tertiary/aromatic N) is 2. The molecule has 1 heterocycles. The summed E-state index contributed by atoms with van der Waals surface area (Å²) in [7, 11) is 0. The number of hydrogen-bond acceptors (Lipinski definition) is 6. The molecule has 0 fully saturated rings. The van der Waals surface area contributed by atoms with Gasteiger partial charge in [-0.15, -0.1) is 0 Å². The number of rotatable bonds is 4. The molecule has 0 aliphatic carbocycles. The molecule has 0 amide bonds. The van der Waals surface area contributed by atoms with Gasteiger partial charge in [0.1, 0.15) is 34.8 Å². The number of halogens is 1. The number of anilines is 1. The van der Waals surface area contributed by atoms with Gasteiger partial charge in [-0.05, 0) is 17.7 Å². The van der Waals surface area contributed by atoms with Crippen LogP contribution < -0.4 is 10.5 Å². The standard InChI is InChI=1S/C15H11FN4O2S/c16-11-5-8(1-2-12(11)22-4-3-21)13-9(6-17)14(19)20-15(23)10(13)7-18/h1-2,5,21H,3-4H2,(H3,19,20,23). The first kappa shape index (κ1) is 16.4. The SMILES string of the molecule is N#Cc1c(N)[nH]c(=S)c(C#N)c1-c1ccc(OCCO)c(F)c1. The monoisotopic (exact) mass is 330 g/mol. The third kappa shape index (κ3) is 3.14. The van der Waals surface area contributed by atoms with Crippen LogP contribution in [-0.2, 0) is 0 Å². The Morgan fingerprint density at radius 3 is 2.57 bits per heavy atom. The summed E-state index contributed by atoms with van der Waals surface area (Å²) in [6.07, 6.45) is 0. The molecule has 2 rings (SSSR count). The second-order valence-corrected chi connectivity index (χ2v) is 4.84. The Morgan fingerprint density at radius 2 is 2.00 bits per heavy atom. The van der Waals surface area contributed by atoms with Crippen LogP contribution in [0.1, 0.15) is 11.1 Å². The second kappa shape index (κ2) is 6.88. The van der Waals surface area contributed by atoms with Crippen molar-refractivity contribution in [1.29, 1.82) is 10.5 Å². The largest absolute Gasteiger partial charge is 0.488 e. The highest BCUT2D eigenvalue weighted by molar-refractivity contribution is 7.71. The van der Waals surface area contributed by atoms with E-state index in [0.717, 1.165) is 6.07 Å². The fourth-order valence-corrected chi connectivity index (χ4v) is 2.32. The number of H-pyrrole nitrogens is 1. The molecule has 0 saturated heterocycles. The van der Waals surface area contributed by atoms with Crippen molar-refractivity contribution in [3.63, 3.8) is 0 Å². The lowest BCUT2D eigenvalue weighted by atomic mass is 9.96. The van der Waals surface area contributed by atoms with E-state index in [1.165, 1.54) is 12.1 Å². The van der Waals surface area contributed by atoms with Crippen LogP contribution in [-0.4, -0.2) is 23.3 Å². The van der Waals surface area contributed by atoms with Crippen LogP contribution in [0.25, 0.3) is 11.1 Å². The first-order valence-electron chi connectivity index (χ1n) is 6.43. The van der Waals surface area contributed by atoms with Crippen molar-refractivity contribution in [3.8, 4) is 29.0 Å². The molecule has 6 nitrogen and oxygen atoms in total. The molecule has 0 spiro atoms. The lowest BCUT2D eigenvalue weighted by Gasteiger charge is -2.11. The number of nitriles is 2. The molecule has 0 aliphatic heterocycles. The summed E-state index contributed by atoms with van der Waals surface area (Å²) in [5.74, 6) is -0.734. The van der Waals surface area contributed by atoms with Crippen molar-refractivity contribution in [2.75, 3.05) is 18.9 Å². The van der Waals surface area contributed by atoms with Crippen molar-refractivity contribution < 1.29 is 14.2 Å². The van der Waals surface area contributed by atoms with Crippen LogP contribution in [0.4, 0.5) is 10.2 Å². The van der Waals surface area contributed by atoms with Crippen LogP contribution in [0.5, 0.6) is 5.75 Å². The molecule has 23 heavy (non-hydrogen) atoms. The van der Waals surface area contributed by atoms with Crippen molar-refractivity contribution in [2.45, 2.75) is 0 Å². The van der Waals surface area contributed by atoms with Crippen LogP contribution in [0.3, 0.4) is 0 Å². The highest BCUT2D eigenvalue weighted by atomic mass is 32.1. The van der Waals surface area contributed by atoms with E-state index in [2.05, 4.69) is 4.98 Å². The van der Waals surface area contributed by atoms with E-state index in [1.807, 2.05) is 12.1 Å². The van der Waals surface area contributed by atoms with Gasteiger partial charge in [0.05, 0.1) is 12.2 Å². The predicted molar refractivity (Wildman–Crippen MR) is 83.4 cm³/mol. The van der Waals surface area contributed by atoms with Crippen LogP contribution in [0, 0.1) is 33.1 Å². The first-order chi connectivity index (χ1) is 11.0. The van der Waals surface area contributed by atoms with E-state index < -0.39 is 5.82 Å². The average molecular weight is 330 g/mol. The molecule has 8 heteroatoms. The van der Waals surface area contributed by atoms with Crippen LogP contribution in [0.15, 0.2) is 18.2 Å². The van der Waals surface area contributed by atoms with E-state index in [0.29, 0.717) is 0 Å². The smallest absolute Gasteiger partial charge is 0.165 e. The number of hydrogen-bond donors (Lipinski definition) is 3. The molecule has 0 radical (unpaired) electrons. The third-order valence-corrected chi connectivity index (χ3v) is 3.34. The van der Waals surface area contributed by atoms with Crippen LogP contribution >= 0.6 is 12.2 Å². The number of aromatic nitrogens is 1. The number of nitrogens with one attached hydrogen (secondary N) is 1. The Hall–Kier alpha value is -2.94. The summed E-state index contributed by atoms with van der Waals surface area (Å²) >= 11 is 5.04. The number of aromatic amines is 1. The van der Waals surface area contributed by atoms with Crippen molar-refractivity contribution >= 4 is 18.0 Å². The molecular formula is C15H11FN4O2S. The molecule has 0 atom stereocenters. The van der Waals surface area contributed by atoms with Gasteiger partial charge in [0.2, 0.25) is 0 Å². The summed E-state index contributed by atoms with van der Waals surface area (Å²) in [6.45, 7) is -0.296. The molecule has 4 N–H and O–H groups in total. The Kier molecular flexibility index (Phi) is 4.91. The zero-order chi connectivity index (χ0) is 17.0. The fraction of sp³-hybridized carbons (Fsp3) is 0.133. The lowest BCUT2D eigenvalue weighted by molar-refractivity contribution is 0.196. The van der Waals surface area contributed by atoms with Gasteiger partial charge < -0.3 is 20.6 Å². The van der Waals surface area contributed by atoms with Gasteiger partial charge in [-0.1, -0.05) is 18.3 Å². The zero-order valence-corrected chi connectivity index (χ0v) is 12.6. The van der Waals surface area contributed by atoms with Gasteiger partial charge >= 0.3 is 0 Å². The van der Waals surface area contributed by atoms with E-state index >= 15 is 0 Å². The highest BCUT2D eigenvalue weighted by Crippen LogP contribution is 2.32. The fourth-order valence-electron chi connectivity index (χ4n) is 2.06. The van der Waals surface area contributed by atoms with Crippen molar-refractivity contribution in [2.24, 2.45) is 0 Å². The number of benzene rings is 1. The number of aliphatic hydroxyl groups is 1. The second-order valence-electron chi connectivity index (χ2n) is 4.43. The minimum absolute atomic E-state index is 0.00696. The van der Waals surface area contributed by atoms with Gasteiger partial charge in [0, 0.05) is 5.56 Å². The van der Waals surface area contributed by atoms with Gasteiger partial charge in [-0.3, -0.25) is 0 Å². The number of pyridine rings is 1. The maximum atomic E-state index is 14.1. The van der Waals surface area contributed by atoms with Gasteiger partial charge in [-0.2, -0.15) is 10.5 Å². The normalized spacial score (nSPS) is 9.91. The van der Waals surface area contributed by atoms with Gasteiger partial charge in [-0.25, -0.2) is 4.39 Å². The maximum absolute atomic E-state index is 14.1. The summed E-state index contributed by atoms with van der Waals surface area (Å²) in [4.78, 5) is 2.57. The lowest BCUT2D eigenvalue weighted by Crippen LogP contribution is -2.04. The summed E-state index contributed by atoms with van der Waals surface area (Å²) in [6, 6.07) is 7.75. The molecule has 0 saturated carbocycles. The third-order valence-electron chi connectivity index (χ3n) is 3.04. The molecule has 0 aliphatic rings. The number of aliphatic hydroxyl groups excluding tert-OH is 1. The Bertz CT molecular complexity index is 896. The minimum Gasteiger partial charge on any atom is -0.488 e. The Labute approximate surface area is 136 Å². The molecule has 2 aromatic rings. The average Bonchev–Trinajstić information content (AvgIpc) is 2.53. The van der Waals surface area contributed by atoms with E-state index in [4.69, 9.17) is 27.8 Å². The van der Waals surface area contributed by atoms with Crippen molar-refractivity contribution in [1.82, 2.24) is 4.98 Å². The molecule has 0 bridgehead atoms. The van der Waals surface area contributed by atoms with Gasteiger partial charge in [0.25, 0.3) is 0 Å². The molecular weight excluding hydrogens is 319 g/mol. The molecule has 1 aromatic heterocycles. The van der Waals surface area contributed by atoms with E-state index in [-0.39, 0.29) is 51.7 Å². The topological polar surface area (TPSA) is 119 Å². The maximum Gasteiger partial charge on any atom is 0.165 e. The predicted octanol–water partition coefficient (Wildman–Crippen LogP) is 2.25. The number of nitrogen functional groups attached to an aromatic ring is 1. The summed E-state index contributed by atoms with van der Waals surface area (Å²) in [5, 5.41) is 27.3. The first-order valence-corrected chi connectivity index (χ1v) is 6.83. The summed E-state index contributed by atoms with van der Waals surface area (Å²) in [5.41, 5.74) is 6.22. The Morgan fingerprint density at radius 1 is 1.30 bits per heavy atom. The Balaban J connectivity index is 2.68. The molecule has 1 aromatic carbocycles.